The molecule has 2 aromatic carbocycles. The largest absolute Gasteiger partial charge is 0.474 e. The summed E-state index contributed by atoms with van der Waals surface area (Å²) in [5, 5.41) is 6.24. The fourth-order valence-electron chi connectivity index (χ4n) is 5.92. The molecule has 1 saturated carbocycles. The zero-order chi connectivity index (χ0) is 33.3. The van der Waals surface area contributed by atoms with E-state index in [0.717, 1.165) is 42.4 Å². The van der Waals surface area contributed by atoms with E-state index in [1.165, 1.54) is 18.5 Å². The molecular weight excluding hydrogens is 629 g/mol. The normalized spacial score (nSPS) is 20.0. The topological polar surface area (TPSA) is 62.3 Å². The summed E-state index contributed by atoms with van der Waals surface area (Å²) in [5.41, 5.74) is -2.80. The highest BCUT2D eigenvalue weighted by molar-refractivity contribution is 5.52. The van der Waals surface area contributed by atoms with Crippen molar-refractivity contribution in [3.63, 3.8) is 0 Å². The van der Waals surface area contributed by atoms with E-state index >= 15 is 0 Å². The Morgan fingerprint density at radius 2 is 1.24 bits per heavy atom. The standard InChI is InChI=1S/C31H32F9N5O/c1-18-27(45-14-12-22(13-15-45)43-20-4-2-19(3-5-20)29(32,33)34)41-17-42-28(18)46-24-9-6-21(7-10-24)44-23-8-11-25(30(35,36)37)26(16-23)31(38,39)40/h2-5,8,11,16-17,21-22,24,43-44H,6-7,9-10,12-15H2,1H3. The van der Waals surface area contributed by atoms with Gasteiger partial charge in [-0.05, 0) is 87.9 Å². The first-order valence-electron chi connectivity index (χ1n) is 14.8. The molecule has 0 radical (unpaired) electrons. The van der Waals surface area contributed by atoms with Crippen LogP contribution in [0.4, 0.5) is 56.7 Å². The van der Waals surface area contributed by atoms with Crippen LogP contribution in [0.3, 0.4) is 0 Å². The number of halogens is 9. The minimum Gasteiger partial charge on any atom is -0.474 e. The SMILES string of the molecule is Cc1c(OC2CCC(Nc3ccc(C(F)(F)F)c(C(F)(F)F)c3)CC2)ncnc1N1CCC(Nc2ccc(C(F)(F)F)cc2)CC1. The zero-order valence-corrected chi connectivity index (χ0v) is 24.7. The second-order valence-corrected chi connectivity index (χ2v) is 11.6. The van der Waals surface area contributed by atoms with Gasteiger partial charge in [0.15, 0.2) is 0 Å². The number of rotatable bonds is 7. The van der Waals surface area contributed by atoms with Gasteiger partial charge in [0, 0.05) is 36.5 Å². The quantitative estimate of drug-likeness (QED) is 0.247. The van der Waals surface area contributed by atoms with Crippen LogP contribution in [0.15, 0.2) is 48.8 Å². The summed E-state index contributed by atoms with van der Waals surface area (Å²) >= 11 is 0. The molecule has 1 aromatic heterocycles. The van der Waals surface area contributed by atoms with E-state index in [1.54, 1.807) is 0 Å². The Kier molecular flexibility index (Phi) is 9.50. The van der Waals surface area contributed by atoms with Gasteiger partial charge >= 0.3 is 18.5 Å². The van der Waals surface area contributed by atoms with Crippen molar-refractivity contribution in [3.8, 4) is 5.88 Å². The number of anilines is 3. The van der Waals surface area contributed by atoms with Crippen LogP contribution in [0.2, 0.25) is 0 Å². The molecule has 2 fully saturated rings. The van der Waals surface area contributed by atoms with E-state index in [2.05, 4.69) is 25.5 Å². The van der Waals surface area contributed by atoms with Crippen LogP contribution in [0, 0.1) is 6.92 Å². The van der Waals surface area contributed by atoms with E-state index in [0.29, 0.717) is 62.5 Å². The minimum absolute atomic E-state index is 0.0284. The van der Waals surface area contributed by atoms with Crippen molar-refractivity contribution in [1.82, 2.24) is 9.97 Å². The Labute approximate surface area is 259 Å². The first kappa shape index (κ1) is 33.5. The van der Waals surface area contributed by atoms with Crippen molar-refractivity contribution < 1.29 is 44.3 Å². The van der Waals surface area contributed by atoms with Gasteiger partial charge < -0.3 is 20.3 Å². The van der Waals surface area contributed by atoms with Crippen molar-refractivity contribution >= 4 is 17.2 Å². The molecule has 1 aliphatic carbocycles. The van der Waals surface area contributed by atoms with Crippen LogP contribution >= 0.6 is 0 Å². The van der Waals surface area contributed by atoms with Crippen LogP contribution in [0.1, 0.15) is 60.8 Å². The zero-order valence-electron chi connectivity index (χ0n) is 24.7. The lowest BCUT2D eigenvalue weighted by molar-refractivity contribution is -0.162. The lowest BCUT2D eigenvalue weighted by atomic mass is 9.92. The summed E-state index contributed by atoms with van der Waals surface area (Å²) in [6.45, 7) is 3.17. The Morgan fingerprint density at radius 1 is 0.674 bits per heavy atom. The van der Waals surface area contributed by atoms with E-state index < -0.39 is 35.2 Å². The van der Waals surface area contributed by atoms with E-state index in [4.69, 9.17) is 4.74 Å². The summed E-state index contributed by atoms with van der Waals surface area (Å²) < 4.78 is 124. The number of hydrogen-bond donors (Lipinski definition) is 2. The Bertz CT molecular complexity index is 1480. The third-order valence-electron chi connectivity index (χ3n) is 8.34. The van der Waals surface area contributed by atoms with E-state index in [1.807, 2.05) is 6.92 Å². The predicted octanol–water partition coefficient (Wildman–Crippen LogP) is 8.72. The van der Waals surface area contributed by atoms with Crippen molar-refractivity contribution in [1.29, 1.82) is 0 Å². The van der Waals surface area contributed by atoms with Crippen LogP contribution in [0.25, 0.3) is 0 Å². The highest BCUT2D eigenvalue weighted by atomic mass is 19.4. The van der Waals surface area contributed by atoms with Crippen molar-refractivity contribution in [2.75, 3.05) is 28.6 Å². The Hall–Kier alpha value is -3.91. The number of nitrogens with one attached hydrogen (secondary N) is 2. The molecule has 2 N–H and O–H groups in total. The molecule has 5 rings (SSSR count). The van der Waals surface area contributed by atoms with Gasteiger partial charge in [-0.3, -0.25) is 0 Å². The second kappa shape index (κ2) is 13.1. The molecule has 0 spiro atoms. The Morgan fingerprint density at radius 3 is 1.83 bits per heavy atom. The molecule has 1 aliphatic heterocycles. The van der Waals surface area contributed by atoms with Crippen LogP contribution in [0.5, 0.6) is 5.88 Å². The maximum atomic E-state index is 13.3. The van der Waals surface area contributed by atoms with Crippen LogP contribution in [-0.4, -0.2) is 41.2 Å². The van der Waals surface area contributed by atoms with Crippen LogP contribution in [-0.2, 0) is 18.5 Å². The first-order chi connectivity index (χ1) is 21.6. The summed E-state index contributed by atoms with van der Waals surface area (Å²) in [4.78, 5) is 10.9. The lowest BCUT2D eigenvalue weighted by Crippen LogP contribution is -2.40. The molecule has 2 heterocycles. The van der Waals surface area contributed by atoms with Gasteiger partial charge in [-0.15, -0.1) is 0 Å². The molecule has 1 saturated heterocycles. The van der Waals surface area contributed by atoms with Gasteiger partial charge in [0.05, 0.1) is 22.3 Å². The summed E-state index contributed by atoms with van der Waals surface area (Å²) in [7, 11) is 0. The van der Waals surface area contributed by atoms with Gasteiger partial charge in [0.2, 0.25) is 5.88 Å². The van der Waals surface area contributed by atoms with E-state index in [-0.39, 0.29) is 23.9 Å². The third-order valence-corrected chi connectivity index (χ3v) is 8.34. The number of ether oxygens (including phenoxy) is 1. The molecule has 0 unspecified atom stereocenters. The Balaban J connectivity index is 1.13. The molecule has 0 amide bonds. The molecule has 46 heavy (non-hydrogen) atoms. The monoisotopic (exact) mass is 661 g/mol. The maximum absolute atomic E-state index is 13.3. The van der Waals surface area contributed by atoms with Crippen LogP contribution < -0.4 is 20.3 Å². The summed E-state index contributed by atoms with van der Waals surface area (Å²) in [5.74, 6) is 1.14. The smallest absolute Gasteiger partial charge is 0.417 e. The maximum Gasteiger partial charge on any atom is 0.417 e. The molecular formula is C31H32F9N5O. The number of benzene rings is 2. The number of piperidine rings is 1. The van der Waals surface area contributed by atoms with Gasteiger partial charge in [-0.25, -0.2) is 9.97 Å². The lowest BCUT2D eigenvalue weighted by Gasteiger charge is -2.35. The van der Waals surface area contributed by atoms with Gasteiger partial charge in [0.25, 0.3) is 0 Å². The fraction of sp³-hybridized carbons (Fsp3) is 0.484. The molecule has 250 valence electrons. The predicted molar refractivity (Wildman–Crippen MR) is 154 cm³/mol. The summed E-state index contributed by atoms with van der Waals surface area (Å²) in [6.07, 6.45) is -9.79. The van der Waals surface area contributed by atoms with Gasteiger partial charge in [-0.1, -0.05) is 0 Å². The van der Waals surface area contributed by atoms with E-state index in [9.17, 15) is 39.5 Å². The van der Waals surface area contributed by atoms with Crippen molar-refractivity contribution in [2.45, 2.75) is 82.2 Å². The molecule has 2 aliphatic rings. The number of aromatic nitrogens is 2. The highest BCUT2D eigenvalue weighted by Gasteiger charge is 2.43. The van der Waals surface area contributed by atoms with Gasteiger partial charge in [-0.2, -0.15) is 39.5 Å². The number of nitrogens with zero attached hydrogens (tertiary/aromatic N) is 3. The second-order valence-electron chi connectivity index (χ2n) is 11.6. The fourth-order valence-corrected chi connectivity index (χ4v) is 5.92. The number of hydrogen-bond acceptors (Lipinski definition) is 6. The van der Waals surface area contributed by atoms with Crippen molar-refractivity contribution in [3.05, 3.63) is 71.0 Å². The average molecular weight is 662 g/mol. The molecule has 6 nitrogen and oxygen atoms in total. The molecule has 0 bridgehead atoms. The minimum atomic E-state index is -5.15. The summed E-state index contributed by atoms with van der Waals surface area (Å²) in [6, 6.07) is 6.77. The van der Waals surface area contributed by atoms with Crippen molar-refractivity contribution in [2.24, 2.45) is 0 Å². The number of alkyl halides is 9. The highest BCUT2D eigenvalue weighted by Crippen LogP contribution is 2.42. The average Bonchev–Trinajstić information content (AvgIpc) is 2.98. The van der Waals surface area contributed by atoms with Gasteiger partial charge in [0.1, 0.15) is 18.2 Å². The molecule has 0 atom stereocenters. The molecule has 3 aromatic rings. The molecule has 15 heteroatoms. The first-order valence-corrected chi connectivity index (χ1v) is 14.8. The third kappa shape index (κ3) is 8.08.